The lowest BCUT2D eigenvalue weighted by Crippen LogP contribution is -1.90. The number of aromatic nitrogens is 1. The van der Waals surface area contributed by atoms with Crippen molar-refractivity contribution in [1.29, 1.82) is 0 Å². The Morgan fingerprint density at radius 1 is 1.07 bits per heavy atom. The molecule has 0 aliphatic rings. The Kier molecular flexibility index (Phi) is 2.58. The smallest absolute Gasteiger partial charge is 0.157 e. The van der Waals surface area contributed by atoms with Gasteiger partial charge in [0, 0.05) is 6.07 Å². The Labute approximate surface area is 86.8 Å². The molecule has 0 aliphatic heterocycles. The fourth-order valence-corrected chi connectivity index (χ4v) is 1.36. The van der Waals surface area contributed by atoms with Crippen molar-refractivity contribution >= 4 is 0 Å². The summed E-state index contributed by atoms with van der Waals surface area (Å²) in [5, 5.41) is 22.2. The number of hydrogen-bond acceptors (Lipinski definition) is 4. The van der Waals surface area contributed by atoms with Gasteiger partial charge in [-0.2, -0.15) is 0 Å². The molecule has 4 nitrogen and oxygen atoms in total. The van der Waals surface area contributed by atoms with Gasteiger partial charge in [-0.3, -0.25) is 0 Å². The minimum Gasteiger partial charge on any atom is -0.504 e. The minimum atomic E-state index is -0.0970. The highest BCUT2D eigenvalue weighted by atomic mass is 16.5. The van der Waals surface area contributed by atoms with Crippen LogP contribution in [0.1, 0.15) is 11.3 Å². The molecule has 0 radical (unpaired) electrons. The lowest BCUT2D eigenvalue weighted by atomic mass is 10.1. The summed E-state index contributed by atoms with van der Waals surface area (Å²) >= 11 is 0. The highest BCUT2D eigenvalue weighted by Gasteiger charge is 2.02. The van der Waals surface area contributed by atoms with Crippen molar-refractivity contribution in [3.05, 3.63) is 41.8 Å². The van der Waals surface area contributed by atoms with E-state index in [1.54, 1.807) is 18.2 Å². The van der Waals surface area contributed by atoms with Crippen molar-refractivity contribution in [2.45, 2.75) is 12.8 Å². The predicted molar refractivity (Wildman–Crippen MR) is 53.7 cm³/mol. The Bertz CT molecular complexity index is 437. The standard InChI is InChI=1S/C11H11NO3/c13-10-4-2-8(7-11(10)14)1-3-9-5-6-15-12-9/h2,4-7,13-14H,1,3H2. The van der Waals surface area contributed by atoms with Crippen LogP contribution in [0.15, 0.2) is 35.1 Å². The van der Waals surface area contributed by atoms with Gasteiger partial charge in [0.15, 0.2) is 11.5 Å². The van der Waals surface area contributed by atoms with Gasteiger partial charge in [0.25, 0.3) is 0 Å². The van der Waals surface area contributed by atoms with Gasteiger partial charge in [0.2, 0.25) is 0 Å². The van der Waals surface area contributed by atoms with Crippen molar-refractivity contribution in [2.24, 2.45) is 0 Å². The molecular formula is C11H11NO3. The first-order chi connectivity index (χ1) is 7.25. The zero-order chi connectivity index (χ0) is 10.7. The first-order valence-corrected chi connectivity index (χ1v) is 4.66. The maximum absolute atomic E-state index is 9.27. The number of rotatable bonds is 3. The first kappa shape index (κ1) is 9.58. The molecular weight excluding hydrogens is 194 g/mol. The molecule has 15 heavy (non-hydrogen) atoms. The zero-order valence-corrected chi connectivity index (χ0v) is 8.05. The summed E-state index contributed by atoms with van der Waals surface area (Å²) in [6, 6.07) is 6.61. The number of aromatic hydroxyl groups is 2. The van der Waals surface area contributed by atoms with Crippen molar-refractivity contribution in [2.75, 3.05) is 0 Å². The molecule has 1 heterocycles. The van der Waals surface area contributed by atoms with Crippen LogP contribution in [0.2, 0.25) is 0 Å². The van der Waals surface area contributed by atoms with Crippen LogP contribution in [0.5, 0.6) is 11.5 Å². The van der Waals surface area contributed by atoms with Gasteiger partial charge in [-0.05, 0) is 30.5 Å². The third-order valence-corrected chi connectivity index (χ3v) is 2.20. The van der Waals surface area contributed by atoms with Crippen LogP contribution >= 0.6 is 0 Å². The molecule has 2 N–H and O–H groups in total. The van der Waals surface area contributed by atoms with Gasteiger partial charge in [-0.1, -0.05) is 11.2 Å². The Hall–Kier alpha value is -1.97. The van der Waals surface area contributed by atoms with E-state index in [0.29, 0.717) is 0 Å². The third-order valence-electron chi connectivity index (χ3n) is 2.20. The number of phenolic OH excluding ortho intramolecular Hbond substituents is 2. The average Bonchev–Trinajstić information content (AvgIpc) is 2.73. The number of phenols is 2. The monoisotopic (exact) mass is 205 g/mol. The van der Waals surface area contributed by atoms with E-state index >= 15 is 0 Å². The highest BCUT2D eigenvalue weighted by molar-refractivity contribution is 5.40. The molecule has 1 aromatic carbocycles. The maximum atomic E-state index is 9.27. The van der Waals surface area contributed by atoms with Gasteiger partial charge >= 0.3 is 0 Å². The second kappa shape index (κ2) is 4.04. The molecule has 4 heteroatoms. The van der Waals surface area contributed by atoms with Gasteiger partial charge in [-0.15, -0.1) is 0 Å². The van der Waals surface area contributed by atoms with E-state index in [4.69, 9.17) is 9.63 Å². The predicted octanol–water partition coefficient (Wildman–Crippen LogP) is 1.87. The fraction of sp³-hybridized carbons (Fsp3) is 0.182. The summed E-state index contributed by atoms with van der Waals surface area (Å²) in [7, 11) is 0. The molecule has 0 aliphatic carbocycles. The lowest BCUT2D eigenvalue weighted by molar-refractivity contribution is 0.403. The average molecular weight is 205 g/mol. The molecule has 1 aromatic heterocycles. The molecule has 0 saturated carbocycles. The summed E-state index contributed by atoms with van der Waals surface area (Å²) in [5.74, 6) is -0.187. The van der Waals surface area contributed by atoms with E-state index in [9.17, 15) is 5.11 Å². The first-order valence-electron chi connectivity index (χ1n) is 4.66. The summed E-state index contributed by atoms with van der Waals surface area (Å²) in [4.78, 5) is 0. The van der Waals surface area contributed by atoms with Crippen LogP contribution in [-0.2, 0) is 12.8 Å². The van der Waals surface area contributed by atoms with Gasteiger partial charge < -0.3 is 14.7 Å². The quantitative estimate of drug-likeness (QED) is 0.750. The zero-order valence-electron chi connectivity index (χ0n) is 8.05. The lowest BCUT2D eigenvalue weighted by Gasteiger charge is -2.01. The number of nitrogens with zero attached hydrogens (tertiary/aromatic N) is 1. The van der Waals surface area contributed by atoms with Crippen LogP contribution < -0.4 is 0 Å². The van der Waals surface area contributed by atoms with Gasteiger partial charge in [0.1, 0.15) is 6.26 Å². The van der Waals surface area contributed by atoms with Crippen molar-refractivity contribution < 1.29 is 14.7 Å². The molecule has 78 valence electrons. The summed E-state index contributed by atoms with van der Waals surface area (Å²) in [6.07, 6.45) is 3.03. The third kappa shape index (κ3) is 2.28. The maximum Gasteiger partial charge on any atom is 0.157 e. The van der Waals surface area contributed by atoms with Crippen LogP contribution in [-0.4, -0.2) is 15.4 Å². The highest BCUT2D eigenvalue weighted by Crippen LogP contribution is 2.25. The minimum absolute atomic E-state index is 0.0901. The van der Waals surface area contributed by atoms with Crippen molar-refractivity contribution in [3.63, 3.8) is 0 Å². The number of benzene rings is 1. The van der Waals surface area contributed by atoms with Crippen molar-refractivity contribution in [1.82, 2.24) is 5.16 Å². The molecule has 2 aromatic rings. The van der Waals surface area contributed by atoms with E-state index in [1.165, 1.54) is 12.3 Å². The summed E-state index contributed by atoms with van der Waals surface area (Å²) in [5.41, 5.74) is 1.83. The van der Waals surface area contributed by atoms with E-state index < -0.39 is 0 Å². The number of hydrogen-bond donors (Lipinski definition) is 2. The van der Waals surface area contributed by atoms with E-state index in [0.717, 1.165) is 24.1 Å². The molecule has 0 fully saturated rings. The SMILES string of the molecule is Oc1ccc(CCc2ccon2)cc1O. The van der Waals surface area contributed by atoms with Gasteiger partial charge in [0.05, 0.1) is 5.69 Å². The largest absolute Gasteiger partial charge is 0.504 e. The van der Waals surface area contributed by atoms with Crippen LogP contribution in [0.25, 0.3) is 0 Å². The summed E-state index contributed by atoms with van der Waals surface area (Å²) < 4.78 is 4.71. The molecule has 0 unspecified atom stereocenters. The molecule has 0 spiro atoms. The molecule has 0 bridgehead atoms. The van der Waals surface area contributed by atoms with Crippen LogP contribution in [0.4, 0.5) is 0 Å². The number of aryl methyl sites for hydroxylation is 2. The molecule has 0 atom stereocenters. The molecule has 0 saturated heterocycles. The Balaban J connectivity index is 2.02. The van der Waals surface area contributed by atoms with Crippen LogP contribution in [0, 0.1) is 0 Å². The molecule has 0 amide bonds. The second-order valence-corrected chi connectivity index (χ2v) is 3.31. The summed E-state index contributed by atoms with van der Waals surface area (Å²) in [6.45, 7) is 0. The van der Waals surface area contributed by atoms with Crippen LogP contribution in [0.3, 0.4) is 0 Å². The Morgan fingerprint density at radius 2 is 1.93 bits per heavy atom. The van der Waals surface area contributed by atoms with E-state index in [2.05, 4.69) is 5.16 Å². The Morgan fingerprint density at radius 3 is 2.60 bits per heavy atom. The molecule has 2 rings (SSSR count). The normalized spacial score (nSPS) is 10.4. The fourth-order valence-electron chi connectivity index (χ4n) is 1.36. The van der Waals surface area contributed by atoms with Gasteiger partial charge in [-0.25, -0.2) is 0 Å². The van der Waals surface area contributed by atoms with E-state index in [-0.39, 0.29) is 11.5 Å². The second-order valence-electron chi connectivity index (χ2n) is 3.31. The van der Waals surface area contributed by atoms with E-state index in [1.807, 2.05) is 0 Å². The van der Waals surface area contributed by atoms with Crippen molar-refractivity contribution in [3.8, 4) is 11.5 Å². The topological polar surface area (TPSA) is 66.5 Å².